The van der Waals surface area contributed by atoms with Gasteiger partial charge >= 0.3 is 0 Å². The minimum atomic E-state index is -0.948. The Morgan fingerprint density at radius 1 is 1.05 bits per heavy atom. The largest absolute Gasteiger partial charge is 0.395 e. The third kappa shape index (κ3) is 5.67. The third-order valence-electron chi connectivity index (χ3n) is 7.22. The number of carbonyl (C=O) groups is 3. The highest BCUT2D eigenvalue weighted by Gasteiger charge is 2.33. The van der Waals surface area contributed by atoms with E-state index in [1.54, 1.807) is 25.1 Å². The summed E-state index contributed by atoms with van der Waals surface area (Å²) in [4.78, 5) is 41.9. The highest BCUT2D eigenvalue weighted by atomic mass is 32.1. The second-order valence-electron chi connectivity index (χ2n) is 9.92. The number of fused-ring (bicyclic) bond motifs is 1. The quantitative estimate of drug-likeness (QED) is 0.280. The third-order valence-corrected chi connectivity index (χ3v) is 8.07. The van der Waals surface area contributed by atoms with Gasteiger partial charge in [-0.05, 0) is 60.4 Å². The number of nitrogen functional groups attached to an aromatic ring is 1. The van der Waals surface area contributed by atoms with E-state index in [0.717, 1.165) is 53.6 Å². The average molecular weight is 560 g/mol. The zero-order valence-electron chi connectivity index (χ0n) is 22.0. The number of anilines is 2. The van der Waals surface area contributed by atoms with Crippen molar-refractivity contribution in [1.29, 1.82) is 0 Å². The highest BCUT2D eigenvalue weighted by molar-refractivity contribution is 7.09. The van der Waals surface area contributed by atoms with Crippen molar-refractivity contribution < 1.29 is 18.8 Å². The maximum atomic E-state index is 14.1. The molecule has 40 heavy (non-hydrogen) atoms. The van der Waals surface area contributed by atoms with Crippen molar-refractivity contribution >= 4 is 51.4 Å². The van der Waals surface area contributed by atoms with Gasteiger partial charge in [0.25, 0.3) is 11.8 Å². The van der Waals surface area contributed by atoms with Crippen LogP contribution in [0.1, 0.15) is 58.3 Å². The number of hydrogen-bond donors (Lipinski definition) is 3. The fourth-order valence-electron chi connectivity index (χ4n) is 5.02. The zero-order valence-corrected chi connectivity index (χ0v) is 22.8. The van der Waals surface area contributed by atoms with E-state index in [0.29, 0.717) is 5.69 Å². The van der Waals surface area contributed by atoms with Crippen LogP contribution in [0.25, 0.3) is 10.8 Å². The number of nitrogens with two attached hydrogens (primary N) is 1. The van der Waals surface area contributed by atoms with Gasteiger partial charge in [0.15, 0.2) is 5.69 Å². The van der Waals surface area contributed by atoms with Crippen molar-refractivity contribution in [2.75, 3.05) is 10.6 Å². The molecule has 1 aliphatic rings. The molecule has 1 aromatic heterocycles. The molecule has 3 aromatic carbocycles. The molecule has 0 radical (unpaired) electrons. The van der Waals surface area contributed by atoms with Crippen molar-refractivity contribution in [1.82, 2.24) is 15.0 Å². The first-order valence-electron chi connectivity index (χ1n) is 13.2. The summed E-state index contributed by atoms with van der Waals surface area (Å²) < 4.78 is 17.5. The average Bonchev–Trinajstić information content (AvgIpc) is 3.62. The van der Waals surface area contributed by atoms with E-state index in [1.807, 2.05) is 36.4 Å². The van der Waals surface area contributed by atoms with Gasteiger partial charge in [0.1, 0.15) is 16.7 Å². The molecule has 206 valence electrons. The van der Waals surface area contributed by atoms with Gasteiger partial charge in [-0.15, -0.1) is 0 Å². The van der Waals surface area contributed by atoms with Crippen LogP contribution < -0.4 is 21.3 Å². The van der Waals surface area contributed by atoms with Crippen LogP contribution in [0.4, 0.5) is 15.8 Å². The van der Waals surface area contributed by atoms with E-state index in [2.05, 4.69) is 15.0 Å². The molecule has 0 spiro atoms. The maximum absolute atomic E-state index is 14.1. The molecule has 1 unspecified atom stereocenters. The van der Waals surface area contributed by atoms with Gasteiger partial charge in [-0.25, -0.2) is 4.39 Å². The summed E-state index contributed by atoms with van der Waals surface area (Å²) in [5.74, 6) is -1.71. The van der Waals surface area contributed by atoms with Crippen molar-refractivity contribution in [2.24, 2.45) is 0 Å². The molecule has 4 aromatic rings. The fourth-order valence-corrected chi connectivity index (χ4v) is 5.75. The lowest BCUT2D eigenvalue weighted by Gasteiger charge is -2.29. The summed E-state index contributed by atoms with van der Waals surface area (Å²) in [6.45, 7) is 1.79. The molecule has 1 saturated carbocycles. The number of nitrogens with zero attached hydrogens (tertiary/aromatic N) is 2. The minimum absolute atomic E-state index is 0.00495. The molecular formula is C30H30FN5O3S. The monoisotopic (exact) mass is 559 g/mol. The van der Waals surface area contributed by atoms with Crippen LogP contribution in [-0.4, -0.2) is 34.2 Å². The maximum Gasteiger partial charge on any atom is 0.273 e. The molecule has 0 saturated heterocycles. The van der Waals surface area contributed by atoms with E-state index in [4.69, 9.17) is 5.73 Å². The normalized spacial score (nSPS) is 14.2. The van der Waals surface area contributed by atoms with Crippen molar-refractivity contribution in [3.8, 4) is 0 Å². The van der Waals surface area contributed by atoms with Gasteiger partial charge in [0, 0.05) is 18.0 Å². The van der Waals surface area contributed by atoms with Crippen LogP contribution >= 0.6 is 11.5 Å². The first kappa shape index (κ1) is 27.3. The number of amides is 3. The molecule has 1 heterocycles. The summed E-state index contributed by atoms with van der Waals surface area (Å²) >= 11 is 0.845. The first-order valence-corrected chi connectivity index (χ1v) is 14.0. The van der Waals surface area contributed by atoms with Crippen molar-refractivity contribution in [3.63, 3.8) is 0 Å². The van der Waals surface area contributed by atoms with Crippen LogP contribution in [0.5, 0.6) is 0 Å². The SMILES string of the molecule is CC(C(=O)NCc1ccc(F)cc1)N(C(=O)c1snc(C(=O)NC2CCCC2)c1N)c1cccc2ccccc12. The molecule has 0 aliphatic heterocycles. The van der Waals surface area contributed by atoms with Crippen LogP contribution in [0.15, 0.2) is 66.7 Å². The van der Waals surface area contributed by atoms with Crippen LogP contribution in [0.3, 0.4) is 0 Å². The lowest BCUT2D eigenvalue weighted by Crippen LogP contribution is -2.48. The second kappa shape index (κ2) is 11.8. The highest BCUT2D eigenvalue weighted by Crippen LogP contribution is 2.32. The van der Waals surface area contributed by atoms with Gasteiger partial charge in [-0.2, -0.15) is 4.37 Å². The van der Waals surface area contributed by atoms with Crippen molar-refractivity contribution in [3.05, 3.63) is 88.7 Å². The molecule has 10 heteroatoms. The first-order chi connectivity index (χ1) is 19.3. The standard InChI is InChI=1S/C30H30FN5O3S/c1-18(28(37)33-17-19-13-15-21(31)16-14-19)36(24-12-6-8-20-7-2-5-11-23(20)24)30(39)27-25(32)26(35-40-27)29(38)34-22-9-3-4-10-22/h2,5-8,11-16,18,22H,3-4,9-10,17,32H2,1H3,(H,33,37)(H,34,38). The molecule has 0 bridgehead atoms. The Kier molecular flexibility index (Phi) is 8.06. The molecule has 1 atom stereocenters. The van der Waals surface area contributed by atoms with Gasteiger partial charge in [0.2, 0.25) is 5.91 Å². The van der Waals surface area contributed by atoms with Gasteiger partial charge in [0.05, 0.1) is 11.4 Å². The lowest BCUT2D eigenvalue weighted by molar-refractivity contribution is -0.122. The zero-order chi connectivity index (χ0) is 28.2. The molecule has 5 rings (SSSR count). The van der Waals surface area contributed by atoms with Crippen LogP contribution in [0.2, 0.25) is 0 Å². The molecule has 4 N–H and O–H groups in total. The summed E-state index contributed by atoms with van der Waals surface area (Å²) in [5, 5.41) is 7.47. The Morgan fingerprint density at radius 3 is 2.50 bits per heavy atom. The number of aromatic nitrogens is 1. The number of carbonyl (C=O) groups excluding carboxylic acids is 3. The van der Waals surface area contributed by atoms with Crippen LogP contribution in [0, 0.1) is 5.82 Å². The summed E-state index contributed by atoms with van der Waals surface area (Å²) in [7, 11) is 0. The van der Waals surface area contributed by atoms with Crippen LogP contribution in [-0.2, 0) is 11.3 Å². The van der Waals surface area contributed by atoms with Gasteiger partial charge in [-0.1, -0.05) is 61.4 Å². The topological polar surface area (TPSA) is 117 Å². The molecule has 1 fully saturated rings. The van der Waals surface area contributed by atoms with E-state index >= 15 is 0 Å². The minimum Gasteiger partial charge on any atom is -0.395 e. The van der Waals surface area contributed by atoms with E-state index in [-0.39, 0.29) is 34.7 Å². The number of benzene rings is 3. The van der Waals surface area contributed by atoms with E-state index in [9.17, 15) is 18.8 Å². The smallest absolute Gasteiger partial charge is 0.273 e. The Bertz CT molecular complexity index is 1540. The molecule has 3 amide bonds. The fraction of sp³-hybridized carbons (Fsp3) is 0.267. The number of halogens is 1. The predicted octanol–water partition coefficient (Wildman–Crippen LogP) is 5.04. The number of hydrogen-bond acceptors (Lipinski definition) is 6. The predicted molar refractivity (Wildman–Crippen MR) is 155 cm³/mol. The lowest BCUT2D eigenvalue weighted by atomic mass is 10.1. The summed E-state index contributed by atoms with van der Waals surface area (Å²) in [6, 6.07) is 18.0. The van der Waals surface area contributed by atoms with Crippen molar-refractivity contribution in [2.45, 2.75) is 51.2 Å². The summed E-state index contributed by atoms with van der Waals surface area (Å²) in [6.07, 6.45) is 3.92. The molecule has 8 nitrogen and oxygen atoms in total. The summed E-state index contributed by atoms with van der Waals surface area (Å²) in [5.41, 5.74) is 7.60. The molecular weight excluding hydrogens is 529 g/mol. The van der Waals surface area contributed by atoms with E-state index in [1.165, 1.54) is 17.0 Å². The van der Waals surface area contributed by atoms with E-state index < -0.39 is 23.8 Å². The van der Waals surface area contributed by atoms with Gasteiger partial charge in [-0.3, -0.25) is 19.3 Å². The second-order valence-corrected chi connectivity index (χ2v) is 10.7. The molecule has 1 aliphatic carbocycles. The Balaban J connectivity index is 1.46. The Morgan fingerprint density at radius 2 is 1.75 bits per heavy atom. The van der Waals surface area contributed by atoms with Gasteiger partial charge < -0.3 is 16.4 Å². The Labute approximate surface area is 235 Å². The Hall–Kier alpha value is -4.31. The number of nitrogens with one attached hydrogen (secondary N) is 2. The number of rotatable bonds is 8.